The monoisotopic (exact) mass is 187 g/mol. The van der Waals surface area contributed by atoms with Crippen molar-refractivity contribution in [1.82, 2.24) is 9.21 Å². The molecule has 0 bridgehead atoms. The molecule has 1 aliphatic rings. The third kappa shape index (κ3) is 3.78. The van der Waals surface area contributed by atoms with Crippen LogP contribution in [0.1, 0.15) is 20.8 Å². The van der Waals surface area contributed by atoms with Crippen LogP contribution in [0.4, 0.5) is 0 Å². The Bertz CT molecular complexity index is 134. The number of rotatable bonds is 1. The van der Waals surface area contributed by atoms with E-state index < -0.39 is 0 Å². The molecule has 72 valence electrons. The molecule has 2 nitrogen and oxygen atoms in total. The number of hydrogen-bond acceptors (Lipinski definition) is 3. The molecule has 1 heterocycles. The maximum atomic E-state index is 5.09. The van der Waals surface area contributed by atoms with E-state index in [9.17, 15) is 0 Å². The average molecular weight is 187 g/mol. The van der Waals surface area contributed by atoms with Crippen molar-refractivity contribution < 1.29 is 0 Å². The second-order valence-corrected chi connectivity index (χ2v) is 5.28. The molecule has 0 atom stereocenters. The highest BCUT2D eigenvalue weighted by molar-refractivity contribution is 7.55. The molecule has 12 heavy (non-hydrogen) atoms. The second kappa shape index (κ2) is 3.99. The molecular weight excluding hydrogens is 168 g/mol. The summed E-state index contributed by atoms with van der Waals surface area (Å²) in [5.41, 5.74) is 0.420. The molecule has 0 aromatic rings. The van der Waals surface area contributed by atoms with Crippen molar-refractivity contribution in [2.24, 2.45) is 5.41 Å². The summed E-state index contributed by atoms with van der Waals surface area (Å²) in [4.78, 5) is 2.50. The summed E-state index contributed by atoms with van der Waals surface area (Å²) in [6.07, 6.45) is 0. The normalized spacial score (nSPS) is 23.0. The second-order valence-electron chi connectivity index (χ2n) is 4.77. The minimum Gasteiger partial charge on any atom is -0.702 e. The van der Waals surface area contributed by atoms with Crippen LogP contribution < -0.4 is 0 Å². The first-order valence-corrected chi connectivity index (χ1v) is 4.98. The number of nitrogens with zero attached hydrogens (tertiary/aromatic N) is 2. The predicted octanol–water partition coefficient (Wildman–Crippen LogP) is 1.11. The number of piperazine rings is 1. The fraction of sp³-hybridized carbons (Fsp3) is 1.00. The van der Waals surface area contributed by atoms with Gasteiger partial charge in [0, 0.05) is 19.6 Å². The van der Waals surface area contributed by atoms with Crippen molar-refractivity contribution >= 4 is 12.8 Å². The minimum absolute atomic E-state index is 0.420. The molecular formula is C9H19N2S-. The van der Waals surface area contributed by atoms with Crippen LogP contribution in [-0.2, 0) is 12.8 Å². The van der Waals surface area contributed by atoms with Crippen LogP contribution >= 0.6 is 0 Å². The SMILES string of the molecule is CC(C)(C)CN1CCN([S-])CC1. The first-order chi connectivity index (χ1) is 5.47. The van der Waals surface area contributed by atoms with Crippen molar-refractivity contribution in [1.29, 1.82) is 0 Å². The molecule has 0 unspecified atom stereocenters. The van der Waals surface area contributed by atoms with E-state index in [2.05, 4.69) is 25.7 Å². The van der Waals surface area contributed by atoms with Crippen molar-refractivity contribution in [3.63, 3.8) is 0 Å². The van der Waals surface area contributed by atoms with Crippen LogP contribution in [0.3, 0.4) is 0 Å². The molecule has 0 aromatic heterocycles. The van der Waals surface area contributed by atoms with Crippen molar-refractivity contribution in [2.45, 2.75) is 20.8 Å². The van der Waals surface area contributed by atoms with Crippen molar-refractivity contribution in [2.75, 3.05) is 32.7 Å². The molecule has 1 fully saturated rings. The highest BCUT2D eigenvalue weighted by Crippen LogP contribution is 2.15. The molecule has 3 heteroatoms. The number of hydrogen-bond donors (Lipinski definition) is 0. The van der Waals surface area contributed by atoms with Gasteiger partial charge >= 0.3 is 0 Å². The summed E-state index contributed by atoms with van der Waals surface area (Å²) in [7, 11) is 0. The van der Waals surface area contributed by atoms with Gasteiger partial charge in [-0.1, -0.05) is 20.8 Å². The average Bonchev–Trinajstić information content (AvgIpc) is 1.91. The third-order valence-corrected chi connectivity index (χ3v) is 2.39. The fourth-order valence-corrected chi connectivity index (χ4v) is 1.72. The van der Waals surface area contributed by atoms with Gasteiger partial charge in [0.05, 0.1) is 0 Å². The summed E-state index contributed by atoms with van der Waals surface area (Å²) in [6, 6.07) is 0. The molecule has 1 aliphatic heterocycles. The van der Waals surface area contributed by atoms with Crippen LogP contribution in [0.25, 0.3) is 0 Å². The Morgan fingerprint density at radius 3 is 2.00 bits per heavy atom. The van der Waals surface area contributed by atoms with Gasteiger partial charge in [0.2, 0.25) is 0 Å². The lowest BCUT2D eigenvalue weighted by Gasteiger charge is -2.41. The third-order valence-electron chi connectivity index (χ3n) is 2.03. The Labute approximate surface area is 81.5 Å². The fourth-order valence-electron chi connectivity index (χ4n) is 1.56. The van der Waals surface area contributed by atoms with Gasteiger partial charge < -0.3 is 22.0 Å². The quantitative estimate of drug-likeness (QED) is 0.568. The van der Waals surface area contributed by atoms with E-state index in [1.54, 1.807) is 0 Å². The van der Waals surface area contributed by atoms with Crippen LogP contribution in [0.5, 0.6) is 0 Å². The van der Waals surface area contributed by atoms with Gasteiger partial charge in [-0.15, -0.1) is 0 Å². The Kier molecular flexibility index (Phi) is 3.44. The van der Waals surface area contributed by atoms with Gasteiger partial charge in [-0.3, -0.25) is 0 Å². The van der Waals surface area contributed by atoms with E-state index in [0.717, 1.165) is 26.2 Å². The predicted molar refractivity (Wildman–Crippen MR) is 54.8 cm³/mol. The van der Waals surface area contributed by atoms with Crippen LogP contribution in [0.15, 0.2) is 0 Å². The van der Waals surface area contributed by atoms with E-state index in [1.807, 2.05) is 4.31 Å². The molecule has 0 amide bonds. The van der Waals surface area contributed by atoms with Crippen molar-refractivity contribution in [3.8, 4) is 0 Å². The Hall–Kier alpha value is 0.270. The lowest BCUT2D eigenvalue weighted by Crippen LogP contribution is -2.46. The molecule has 0 N–H and O–H groups in total. The smallest absolute Gasteiger partial charge is 0.00926 e. The summed E-state index contributed by atoms with van der Waals surface area (Å²) < 4.78 is 1.99. The van der Waals surface area contributed by atoms with Gasteiger partial charge in [-0.2, -0.15) is 0 Å². The largest absolute Gasteiger partial charge is 0.702 e. The van der Waals surface area contributed by atoms with E-state index in [0.29, 0.717) is 5.41 Å². The lowest BCUT2D eigenvalue weighted by molar-refractivity contribution is 0.146. The van der Waals surface area contributed by atoms with Crippen LogP contribution in [-0.4, -0.2) is 41.9 Å². The minimum atomic E-state index is 0.420. The highest BCUT2D eigenvalue weighted by Gasteiger charge is 2.17. The maximum absolute atomic E-state index is 5.09. The highest BCUT2D eigenvalue weighted by atomic mass is 32.1. The maximum Gasteiger partial charge on any atom is 0.00926 e. The van der Waals surface area contributed by atoms with Gasteiger partial charge in [0.25, 0.3) is 0 Å². The lowest BCUT2D eigenvalue weighted by atomic mass is 9.96. The Morgan fingerprint density at radius 1 is 1.08 bits per heavy atom. The Balaban J connectivity index is 2.26. The topological polar surface area (TPSA) is 6.48 Å². The zero-order chi connectivity index (χ0) is 9.19. The van der Waals surface area contributed by atoms with Crippen LogP contribution in [0.2, 0.25) is 0 Å². The molecule has 0 radical (unpaired) electrons. The van der Waals surface area contributed by atoms with Gasteiger partial charge in [-0.25, -0.2) is 0 Å². The first-order valence-electron chi connectivity index (χ1n) is 4.62. The standard InChI is InChI=1S/C9H19N2S/c1-9(2,3)8-10-4-6-11(12)7-5-10/h4-8H2,1-3H3/q-1. The molecule has 0 saturated carbocycles. The van der Waals surface area contributed by atoms with Gasteiger partial charge in [-0.05, 0) is 18.5 Å². The van der Waals surface area contributed by atoms with E-state index in [4.69, 9.17) is 12.8 Å². The zero-order valence-electron chi connectivity index (χ0n) is 8.34. The molecule has 0 aromatic carbocycles. The summed E-state index contributed by atoms with van der Waals surface area (Å²) in [5, 5.41) is 0. The summed E-state index contributed by atoms with van der Waals surface area (Å²) in [6.45, 7) is 12.4. The summed E-state index contributed by atoms with van der Waals surface area (Å²) in [5.74, 6) is 0. The molecule has 1 saturated heterocycles. The van der Waals surface area contributed by atoms with E-state index in [-0.39, 0.29) is 0 Å². The van der Waals surface area contributed by atoms with E-state index in [1.165, 1.54) is 6.54 Å². The van der Waals surface area contributed by atoms with Gasteiger partial charge in [0.15, 0.2) is 0 Å². The molecule has 0 spiro atoms. The van der Waals surface area contributed by atoms with E-state index >= 15 is 0 Å². The van der Waals surface area contributed by atoms with Crippen molar-refractivity contribution in [3.05, 3.63) is 0 Å². The zero-order valence-corrected chi connectivity index (χ0v) is 9.15. The molecule has 1 rings (SSSR count). The summed E-state index contributed by atoms with van der Waals surface area (Å²) >= 11 is 5.09. The van der Waals surface area contributed by atoms with Crippen LogP contribution in [0, 0.1) is 5.41 Å². The Morgan fingerprint density at radius 2 is 1.58 bits per heavy atom. The molecule has 0 aliphatic carbocycles. The van der Waals surface area contributed by atoms with Gasteiger partial charge in [0.1, 0.15) is 0 Å². The first kappa shape index (κ1) is 10.4.